The monoisotopic (exact) mass is 226 g/mol. The predicted molar refractivity (Wildman–Crippen MR) is 57.5 cm³/mol. The molecule has 88 valence electrons. The van der Waals surface area contributed by atoms with Crippen LogP contribution in [0.1, 0.15) is 6.42 Å². The summed E-state index contributed by atoms with van der Waals surface area (Å²) in [5.41, 5.74) is 5.40. The normalized spacial score (nSPS) is 34.4. The zero-order chi connectivity index (χ0) is 11.7. The molecule has 7 nitrogen and oxygen atoms in total. The van der Waals surface area contributed by atoms with Crippen molar-refractivity contribution in [1.82, 2.24) is 4.90 Å². The summed E-state index contributed by atoms with van der Waals surface area (Å²) in [4.78, 5) is 9.29. The van der Waals surface area contributed by atoms with Crippen LogP contribution in [0.15, 0.2) is 22.4 Å². The van der Waals surface area contributed by atoms with Crippen molar-refractivity contribution in [3.8, 4) is 0 Å². The summed E-state index contributed by atoms with van der Waals surface area (Å²) in [6, 6.07) is 0. The van der Waals surface area contributed by atoms with Gasteiger partial charge in [0.2, 0.25) is 5.96 Å². The van der Waals surface area contributed by atoms with Gasteiger partial charge in [0.25, 0.3) is 0 Å². The SMILES string of the molecule is C=C1N=C(N)N=CN1[C@H]1C[C@H](O)[C@@H](CO)O1. The molecular formula is C9H14N4O3. The van der Waals surface area contributed by atoms with Gasteiger partial charge in [-0.25, -0.2) is 4.99 Å². The van der Waals surface area contributed by atoms with Crippen molar-refractivity contribution < 1.29 is 14.9 Å². The smallest absolute Gasteiger partial charge is 0.223 e. The first-order valence-corrected chi connectivity index (χ1v) is 4.92. The molecule has 0 radical (unpaired) electrons. The van der Waals surface area contributed by atoms with Crippen molar-refractivity contribution in [1.29, 1.82) is 0 Å². The van der Waals surface area contributed by atoms with Crippen LogP contribution in [-0.4, -0.2) is 52.5 Å². The summed E-state index contributed by atoms with van der Waals surface area (Å²) >= 11 is 0. The first kappa shape index (κ1) is 11.1. The molecule has 0 aromatic rings. The summed E-state index contributed by atoms with van der Waals surface area (Å²) in [6.07, 6.45) is 0.141. The Balaban J connectivity index is 2.06. The number of ether oxygens (including phenoxy) is 1. The van der Waals surface area contributed by atoms with E-state index in [1.165, 1.54) is 6.34 Å². The van der Waals surface area contributed by atoms with Crippen molar-refractivity contribution in [3.05, 3.63) is 12.4 Å². The van der Waals surface area contributed by atoms with E-state index in [9.17, 15) is 5.11 Å². The van der Waals surface area contributed by atoms with Gasteiger partial charge in [-0.05, 0) is 0 Å². The average Bonchev–Trinajstić information content (AvgIpc) is 2.59. The van der Waals surface area contributed by atoms with Crippen molar-refractivity contribution in [3.63, 3.8) is 0 Å². The molecule has 4 N–H and O–H groups in total. The highest BCUT2D eigenvalue weighted by Gasteiger charge is 2.37. The highest BCUT2D eigenvalue weighted by molar-refractivity contribution is 5.89. The minimum absolute atomic E-state index is 0.138. The molecule has 3 atom stereocenters. The molecule has 2 aliphatic heterocycles. The van der Waals surface area contributed by atoms with E-state index in [1.807, 2.05) is 0 Å². The Morgan fingerprint density at radius 3 is 3.00 bits per heavy atom. The molecule has 0 amide bonds. The predicted octanol–water partition coefficient (Wildman–Crippen LogP) is -1.42. The molecule has 0 spiro atoms. The van der Waals surface area contributed by atoms with Gasteiger partial charge in [-0.2, -0.15) is 4.99 Å². The first-order chi connectivity index (χ1) is 7.61. The van der Waals surface area contributed by atoms with Crippen LogP contribution in [0.3, 0.4) is 0 Å². The Labute approximate surface area is 92.5 Å². The minimum atomic E-state index is -0.695. The molecular weight excluding hydrogens is 212 g/mol. The Bertz CT molecular complexity index is 355. The van der Waals surface area contributed by atoms with Crippen LogP contribution in [0.4, 0.5) is 0 Å². The van der Waals surface area contributed by atoms with E-state index in [0.717, 1.165) is 0 Å². The van der Waals surface area contributed by atoms with E-state index in [0.29, 0.717) is 12.2 Å². The number of hydrogen-bond donors (Lipinski definition) is 3. The summed E-state index contributed by atoms with van der Waals surface area (Å²) in [5, 5.41) is 18.5. The van der Waals surface area contributed by atoms with Gasteiger partial charge < -0.3 is 20.7 Å². The number of aliphatic imine (C=N–C) groups is 2. The highest BCUT2D eigenvalue weighted by Crippen LogP contribution is 2.25. The van der Waals surface area contributed by atoms with Crippen molar-refractivity contribution >= 4 is 12.3 Å². The molecule has 0 unspecified atom stereocenters. The van der Waals surface area contributed by atoms with Crippen LogP contribution >= 0.6 is 0 Å². The lowest BCUT2D eigenvalue weighted by molar-refractivity contribution is -0.0501. The highest BCUT2D eigenvalue weighted by atomic mass is 16.5. The van der Waals surface area contributed by atoms with E-state index in [4.69, 9.17) is 15.6 Å². The fourth-order valence-electron chi connectivity index (χ4n) is 1.70. The van der Waals surface area contributed by atoms with E-state index in [2.05, 4.69) is 16.6 Å². The Kier molecular flexibility index (Phi) is 2.90. The lowest BCUT2D eigenvalue weighted by Gasteiger charge is -2.27. The minimum Gasteiger partial charge on any atom is -0.394 e. The molecule has 0 aromatic carbocycles. The van der Waals surface area contributed by atoms with Gasteiger partial charge in [-0.1, -0.05) is 6.58 Å². The molecule has 2 aliphatic rings. The molecule has 0 aromatic heterocycles. The third-order valence-electron chi connectivity index (χ3n) is 2.55. The summed E-state index contributed by atoms with van der Waals surface area (Å²) in [6.45, 7) is 3.49. The van der Waals surface area contributed by atoms with Crippen molar-refractivity contribution in [2.45, 2.75) is 24.9 Å². The fraction of sp³-hybridized carbons (Fsp3) is 0.556. The fourth-order valence-corrected chi connectivity index (χ4v) is 1.70. The maximum Gasteiger partial charge on any atom is 0.223 e. The lowest BCUT2D eigenvalue weighted by atomic mass is 10.2. The van der Waals surface area contributed by atoms with Crippen LogP contribution in [0.5, 0.6) is 0 Å². The van der Waals surface area contributed by atoms with E-state index >= 15 is 0 Å². The van der Waals surface area contributed by atoms with Gasteiger partial charge in [-0.3, -0.25) is 4.90 Å². The average molecular weight is 226 g/mol. The van der Waals surface area contributed by atoms with Gasteiger partial charge >= 0.3 is 0 Å². The molecule has 2 rings (SSSR count). The zero-order valence-electron chi connectivity index (χ0n) is 8.65. The summed E-state index contributed by atoms with van der Waals surface area (Å²) in [5.74, 6) is 0.543. The molecule has 1 fully saturated rings. The maximum atomic E-state index is 9.58. The lowest BCUT2D eigenvalue weighted by Crippen LogP contribution is -2.36. The second-order valence-corrected chi connectivity index (χ2v) is 3.65. The molecule has 0 bridgehead atoms. The second-order valence-electron chi connectivity index (χ2n) is 3.65. The number of aliphatic hydroxyl groups is 2. The van der Waals surface area contributed by atoms with E-state index < -0.39 is 18.4 Å². The summed E-state index contributed by atoms with van der Waals surface area (Å²) in [7, 11) is 0. The largest absolute Gasteiger partial charge is 0.394 e. The number of rotatable bonds is 2. The van der Waals surface area contributed by atoms with E-state index in [-0.39, 0.29) is 12.6 Å². The molecule has 1 saturated heterocycles. The van der Waals surface area contributed by atoms with Gasteiger partial charge in [-0.15, -0.1) is 0 Å². The van der Waals surface area contributed by atoms with Crippen LogP contribution in [0.2, 0.25) is 0 Å². The number of nitrogens with zero attached hydrogens (tertiary/aromatic N) is 3. The first-order valence-electron chi connectivity index (χ1n) is 4.92. The molecule has 0 saturated carbocycles. The van der Waals surface area contributed by atoms with Crippen LogP contribution < -0.4 is 5.73 Å². The van der Waals surface area contributed by atoms with Crippen LogP contribution in [0.25, 0.3) is 0 Å². The second kappa shape index (κ2) is 4.20. The topological polar surface area (TPSA) is 104 Å². The van der Waals surface area contributed by atoms with E-state index in [1.54, 1.807) is 4.90 Å². The van der Waals surface area contributed by atoms with Gasteiger partial charge in [0.1, 0.15) is 24.5 Å². The summed E-state index contributed by atoms with van der Waals surface area (Å²) < 4.78 is 5.43. The molecule has 0 aliphatic carbocycles. The van der Waals surface area contributed by atoms with Gasteiger partial charge in [0.15, 0.2) is 0 Å². The number of guanidine groups is 1. The zero-order valence-corrected chi connectivity index (χ0v) is 8.65. The third-order valence-corrected chi connectivity index (χ3v) is 2.55. The van der Waals surface area contributed by atoms with Crippen LogP contribution in [-0.2, 0) is 4.74 Å². The standard InChI is InChI=1S/C9H14N4O3/c1-5-12-9(10)11-4-13(5)8-2-6(15)7(3-14)16-8/h4,6-8,14-15H,1-3H2,(H2,10,12)/t6-,7+,8+/m0/s1. The van der Waals surface area contributed by atoms with Crippen molar-refractivity contribution in [2.24, 2.45) is 15.7 Å². The Morgan fingerprint density at radius 2 is 2.44 bits per heavy atom. The molecule has 2 heterocycles. The van der Waals surface area contributed by atoms with Gasteiger partial charge in [0, 0.05) is 6.42 Å². The number of nitrogens with two attached hydrogens (primary N) is 1. The Morgan fingerprint density at radius 1 is 1.69 bits per heavy atom. The maximum absolute atomic E-state index is 9.58. The quantitative estimate of drug-likeness (QED) is 0.536. The van der Waals surface area contributed by atoms with Crippen molar-refractivity contribution in [2.75, 3.05) is 6.61 Å². The van der Waals surface area contributed by atoms with Gasteiger partial charge in [0.05, 0.1) is 12.7 Å². The number of aliphatic hydroxyl groups excluding tert-OH is 2. The Hall–Kier alpha value is -1.44. The molecule has 16 heavy (non-hydrogen) atoms. The van der Waals surface area contributed by atoms with Crippen LogP contribution in [0, 0.1) is 0 Å². The number of hydrogen-bond acceptors (Lipinski definition) is 7. The third kappa shape index (κ3) is 1.92. The molecule has 7 heteroatoms.